The molecule has 0 aromatic carbocycles. The maximum Gasteiger partial charge on any atom is 0.153 e. The van der Waals surface area contributed by atoms with E-state index in [1.807, 2.05) is 31.3 Å². The third kappa shape index (κ3) is 4.02. The van der Waals surface area contributed by atoms with Gasteiger partial charge in [0, 0.05) is 60.0 Å². The molecular weight excluding hydrogens is 412 g/mol. The average molecular weight is 443 g/mol. The molecule has 5 heterocycles. The number of fused-ring (bicyclic) bond motifs is 3. The van der Waals surface area contributed by atoms with Crippen LogP contribution in [-0.4, -0.2) is 49.7 Å². The van der Waals surface area contributed by atoms with Gasteiger partial charge in [0.15, 0.2) is 5.82 Å². The van der Waals surface area contributed by atoms with Crippen LogP contribution in [0.25, 0.3) is 10.9 Å². The SMILES string of the molecule is Cc1cc(Nc2cc3ncccc3c(NC3CC4CCC(C3)N4C[C@H]3C[C@@H](C#N)C3)n2)n[nH]1. The number of aromatic amines is 1. The molecule has 3 fully saturated rings. The van der Waals surface area contributed by atoms with Crippen molar-refractivity contribution in [3.63, 3.8) is 0 Å². The van der Waals surface area contributed by atoms with E-state index in [4.69, 9.17) is 10.2 Å². The monoisotopic (exact) mass is 442 g/mol. The van der Waals surface area contributed by atoms with Crippen LogP contribution < -0.4 is 10.6 Å². The molecule has 2 bridgehead atoms. The highest BCUT2D eigenvalue weighted by Gasteiger charge is 2.43. The molecule has 3 aromatic rings. The fourth-order valence-electron chi connectivity index (χ4n) is 6.03. The number of aryl methyl sites for hydroxylation is 1. The zero-order valence-electron chi connectivity index (χ0n) is 19.0. The predicted molar refractivity (Wildman–Crippen MR) is 128 cm³/mol. The molecule has 33 heavy (non-hydrogen) atoms. The van der Waals surface area contributed by atoms with Gasteiger partial charge in [-0.25, -0.2) is 4.98 Å². The number of H-pyrrole nitrogens is 1. The summed E-state index contributed by atoms with van der Waals surface area (Å²) in [6, 6.07) is 12.1. The average Bonchev–Trinajstić information content (AvgIpc) is 3.29. The number of hydrogen-bond donors (Lipinski definition) is 3. The van der Waals surface area contributed by atoms with Crippen molar-refractivity contribution >= 4 is 28.4 Å². The summed E-state index contributed by atoms with van der Waals surface area (Å²) in [6.45, 7) is 3.15. The van der Waals surface area contributed by atoms with E-state index in [0.717, 1.165) is 59.7 Å². The van der Waals surface area contributed by atoms with Gasteiger partial charge >= 0.3 is 0 Å². The molecule has 3 N–H and O–H groups in total. The van der Waals surface area contributed by atoms with Gasteiger partial charge in [-0.05, 0) is 63.5 Å². The lowest BCUT2D eigenvalue weighted by Gasteiger charge is -2.43. The van der Waals surface area contributed by atoms with Crippen molar-refractivity contribution in [3.05, 3.63) is 36.2 Å². The maximum absolute atomic E-state index is 9.09. The van der Waals surface area contributed by atoms with Gasteiger partial charge in [-0.3, -0.25) is 15.0 Å². The third-order valence-electron chi connectivity index (χ3n) is 7.67. The van der Waals surface area contributed by atoms with Crippen molar-refractivity contribution in [2.24, 2.45) is 11.8 Å². The van der Waals surface area contributed by atoms with Crippen LogP contribution in [0.1, 0.15) is 44.2 Å². The van der Waals surface area contributed by atoms with Crippen molar-refractivity contribution in [1.29, 1.82) is 5.26 Å². The molecule has 0 spiro atoms. The molecule has 2 aliphatic heterocycles. The minimum absolute atomic E-state index is 0.297. The van der Waals surface area contributed by atoms with E-state index in [1.165, 1.54) is 19.4 Å². The van der Waals surface area contributed by atoms with E-state index in [0.29, 0.717) is 30.0 Å². The number of pyridine rings is 2. The zero-order chi connectivity index (χ0) is 22.4. The molecule has 170 valence electrons. The van der Waals surface area contributed by atoms with Gasteiger partial charge in [0.25, 0.3) is 0 Å². The Morgan fingerprint density at radius 2 is 1.97 bits per heavy atom. The Morgan fingerprint density at radius 3 is 2.70 bits per heavy atom. The Balaban J connectivity index is 1.18. The molecule has 8 nitrogen and oxygen atoms in total. The van der Waals surface area contributed by atoms with Crippen molar-refractivity contribution in [3.8, 4) is 6.07 Å². The van der Waals surface area contributed by atoms with Gasteiger partial charge in [-0.1, -0.05) is 0 Å². The van der Waals surface area contributed by atoms with Gasteiger partial charge in [-0.2, -0.15) is 10.4 Å². The summed E-state index contributed by atoms with van der Waals surface area (Å²) in [6.07, 6.45) is 8.86. The molecule has 2 unspecified atom stereocenters. The van der Waals surface area contributed by atoms with Crippen LogP contribution in [0.5, 0.6) is 0 Å². The summed E-state index contributed by atoms with van der Waals surface area (Å²) in [7, 11) is 0. The molecule has 0 radical (unpaired) electrons. The summed E-state index contributed by atoms with van der Waals surface area (Å²) in [5.74, 6) is 3.40. The van der Waals surface area contributed by atoms with Crippen molar-refractivity contribution in [1.82, 2.24) is 25.1 Å². The molecule has 3 aliphatic rings. The first-order valence-electron chi connectivity index (χ1n) is 12.1. The maximum atomic E-state index is 9.09. The number of piperidine rings is 1. The number of nitrogens with zero attached hydrogens (tertiary/aromatic N) is 5. The van der Waals surface area contributed by atoms with Crippen LogP contribution in [0.3, 0.4) is 0 Å². The van der Waals surface area contributed by atoms with E-state index in [1.54, 1.807) is 0 Å². The Bertz CT molecular complexity index is 1180. The molecule has 2 saturated heterocycles. The molecular formula is C25H30N8. The predicted octanol–water partition coefficient (Wildman–Crippen LogP) is 4.36. The number of nitriles is 1. The van der Waals surface area contributed by atoms with Crippen LogP contribution in [0.4, 0.5) is 17.5 Å². The lowest BCUT2D eigenvalue weighted by atomic mass is 9.75. The van der Waals surface area contributed by atoms with Gasteiger partial charge in [-0.15, -0.1) is 0 Å². The Kier molecular flexibility index (Phi) is 5.14. The second-order valence-corrected chi connectivity index (χ2v) is 10.0. The van der Waals surface area contributed by atoms with Crippen LogP contribution in [0.2, 0.25) is 0 Å². The number of aromatic nitrogens is 4. The molecule has 8 heteroatoms. The largest absolute Gasteiger partial charge is 0.367 e. The molecule has 2 atom stereocenters. The highest BCUT2D eigenvalue weighted by Crippen LogP contribution is 2.41. The molecule has 3 aromatic heterocycles. The van der Waals surface area contributed by atoms with Gasteiger partial charge in [0.05, 0.1) is 11.6 Å². The summed E-state index contributed by atoms with van der Waals surface area (Å²) < 4.78 is 0. The van der Waals surface area contributed by atoms with Gasteiger partial charge < -0.3 is 10.6 Å². The third-order valence-corrected chi connectivity index (χ3v) is 7.67. The van der Waals surface area contributed by atoms with E-state index in [-0.39, 0.29) is 0 Å². The Hall–Kier alpha value is -3.18. The first-order valence-corrected chi connectivity index (χ1v) is 12.1. The smallest absolute Gasteiger partial charge is 0.153 e. The highest BCUT2D eigenvalue weighted by molar-refractivity contribution is 5.91. The second kappa shape index (κ2) is 8.31. The van der Waals surface area contributed by atoms with Crippen LogP contribution in [-0.2, 0) is 0 Å². The standard InChI is InChI=1S/C25H30N8/c1-15-7-24(32-31-15)29-23-12-22-21(3-2-6-27-22)25(30-23)28-18-10-19-4-5-20(11-18)33(19)14-17-8-16(9-17)13-26/h2-3,6-7,12,16-20H,4-5,8-11,14H2,1H3,(H3,28,29,30,31,32)/t16-,17+,18?,19?,20?. The minimum Gasteiger partial charge on any atom is -0.367 e. The molecule has 6 rings (SSSR count). The fourth-order valence-corrected chi connectivity index (χ4v) is 6.03. The van der Waals surface area contributed by atoms with Crippen molar-refractivity contribution in [2.75, 3.05) is 17.2 Å². The van der Waals surface area contributed by atoms with Gasteiger partial charge in [0.1, 0.15) is 11.6 Å². The lowest BCUT2D eigenvalue weighted by Crippen LogP contribution is -2.50. The van der Waals surface area contributed by atoms with Gasteiger partial charge in [0.2, 0.25) is 0 Å². The topological polar surface area (TPSA) is 106 Å². The fraction of sp³-hybridized carbons (Fsp3) is 0.520. The summed E-state index contributed by atoms with van der Waals surface area (Å²) in [5.41, 5.74) is 1.92. The van der Waals surface area contributed by atoms with E-state index in [2.05, 4.69) is 42.9 Å². The summed E-state index contributed by atoms with van der Waals surface area (Å²) >= 11 is 0. The van der Waals surface area contributed by atoms with Crippen LogP contribution >= 0.6 is 0 Å². The zero-order valence-corrected chi connectivity index (χ0v) is 19.0. The Labute approximate surface area is 193 Å². The number of hydrogen-bond acceptors (Lipinski definition) is 7. The normalized spacial score (nSPS) is 28.9. The highest BCUT2D eigenvalue weighted by atomic mass is 15.2. The first kappa shape index (κ1) is 20.4. The molecule has 1 saturated carbocycles. The van der Waals surface area contributed by atoms with Crippen LogP contribution in [0, 0.1) is 30.1 Å². The molecule has 1 aliphatic carbocycles. The number of anilines is 3. The van der Waals surface area contributed by atoms with E-state index in [9.17, 15) is 0 Å². The molecule has 0 amide bonds. The second-order valence-electron chi connectivity index (χ2n) is 10.0. The van der Waals surface area contributed by atoms with E-state index < -0.39 is 0 Å². The lowest BCUT2D eigenvalue weighted by molar-refractivity contribution is 0.0771. The van der Waals surface area contributed by atoms with E-state index >= 15 is 0 Å². The van der Waals surface area contributed by atoms with Crippen molar-refractivity contribution in [2.45, 2.75) is 63.6 Å². The summed E-state index contributed by atoms with van der Waals surface area (Å²) in [4.78, 5) is 12.2. The number of nitrogens with one attached hydrogen (secondary N) is 3. The Morgan fingerprint density at radius 1 is 1.15 bits per heavy atom. The summed E-state index contributed by atoms with van der Waals surface area (Å²) in [5, 5.41) is 24.5. The van der Waals surface area contributed by atoms with Crippen molar-refractivity contribution < 1.29 is 0 Å². The number of rotatable bonds is 6. The first-order chi connectivity index (χ1) is 16.1. The van der Waals surface area contributed by atoms with Crippen LogP contribution in [0.15, 0.2) is 30.5 Å². The quantitative estimate of drug-likeness (QED) is 0.521. The minimum atomic E-state index is 0.297.